The molecule has 0 saturated heterocycles. The molecular weight excluding hydrogens is 128 g/mol. The largest absolute Gasteiger partial charge is 0.512 e. The Morgan fingerprint density at radius 2 is 2.30 bits per heavy atom. The van der Waals surface area contributed by atoms with Gasteiger partial charge in [-0.1, -0.05) is 13.8 Å². The van der Waals surface area contributed by atoms with E-state index >= 15 is 0 Å². The van der Waals surface area contributed by atoms with Crippen LogP contribution in [0.15, 0.2) is 11.8 Å². The Hall–Kier alpha value is -0.790. The number of hydrogen-bond donors (Lipinski definition) is 1. The molecule has 1 aliphatic carbocycles. The molecule has 2 heteroatoms. The number of aliphatic hydroxyl groups is 1. The molecule has 1 aliphatic rings. The van der Waals surface area contributed by atoms with Crippen LogP contribution in [0.3, 0.4) is 0 Å². The van der Waals surface area contributed by atoms with Crippen LogP contribution in [0.2, 0.25) is 0 Å². The Kier molecular flexibility index (Phi) is 1.79. The lowest BCUT2D eigenvalue weighted by molar-refractivity contribution is -0.118. The zero-order valence-corrected chi connectivity index (χ0v) is 6.29. The van der Waals surface area contributed by atoms with Crippen molar-refractivity contribution in [3.8, 4) is 0 Å². The van der Waals surface area contributed by atoms with Gasteiger partial charge >= 0.3 is 0 Å². The first-order valence-corrected chi connectivity index (χ1v) is 3.54. The second kappa shape index (κ2) is 2.45. The van der Waals surface area contributed by atoms with Gasteiger partial charge in [-0.05, 0) is 5.92 Å². The number of rotatable bonds is 1. The predicted molar refractivity (Wildman–Crippen MR) is 38.7 cm³/mol. The van der Waals surface area contributed by atoms with Gasteiger partial charge in [-0.25, -0.2) is 0 Å². The first-order valence-electron chi connectivity index (χ1n) is 3.54. The summed E-state index contributed by atoms with van der Waals surface area (Å²) in [4.78, 5) is 11.0. The minimum atomic E-state index is 0.0278. The summed E-state index contributed by atoms with van der Waals surface area (Å²) in [6.07, 6.45) is 1.88. The minimum absolute atomic E-state index is 0.0278. The maximum Gasteiger partial charge on any atom is 0.162 e. The maximum atomic E-state index is 11.0. The molecule has 1 rings (SSSR count). The lowest BCUT2D eigenvalue weighted by atomic mass is 9.93. The Balaban J connectivity index is 2.64. The molecule has 0 amide bonds. The lowest BCUT2D eigenvalue weighted by Crippen LogP contribution is -2.13. The summed E-state index contributed by atoms with van der Waals surface area (Å²) in [5.74, 6) is 0.685. The molecule has 1 atom stereocenters. The van der Waals surface area contributed by atoms with E-state index in [-0.39, 0.29) is 17.5 Å². The number of hydrogen-bond acceptors (Lipinski definition) is 2. The number of ketones is 1. The van der Waals surface area contributed by atoms with Crippen LogP contribution >= 0.6 is 0 Å². The molecule has 0 fully saturated rings. The first-order chi connectivity index (χ1) is 4.61. The van der Waals surface area contributed by atoms with Gasteiger partial charge in [0.25, 0.3) is 0 Å². The van der Waals surface area contributed by atoms with Crippen molar-refractivity contribution in [1.82, 2.24) is 0 Å². The van der Waals surface area contributed by atoms with Gasteiger partial charge in [-0.3, -0.25) is 4.79 Å². The third-order valence-electron chi connectivity index (χ3n) is 1.91. The zero-order valence-electron chi connectivity index (χ0n) is 6.29. The Bertz CT molecular complexity index is 180. The van der Waals surface area contributed by atoms with Crippen molar-refractivity contribution in [3.63, 3.8) is 0 Å². The third-order valence-corrected chi connectivity index (χ3v) is 1.91. The monoisotopic (exact) mass is 140 g/mol. The van der Waals surface area contributed by atoms with E-state index < -0.39 is 0 Å². The highest BCUT2D eigenvalue weighted by Crippen LogP contribution is 2.26. The zero-order chi connectivity index (χ0) is 7.72. The summed E-state index contributed by atoms with van der Waals surface area (Å²) in [6, 6.07) is 0. The molecule has 0 aromatic heterocycles. The quantitative estimate of drug-likeness (QED) is 0.601. The summed E-state index contributed by atoms with van der Waals surface area (Å²) < 4.78 is 0. The van der Waals surface area contributed by atoms with Crippen molar-refractivity contribution in [2.24, 2.45) is 11.8 Å². The SMILES string of the molecule is CC(C)C1CC(O)=CC1=O. The van der Waals surface area contributed by atoms with Crippen molar-refractivity contribution in [3.05, 3.63) is 11.8 Å². The van der Waals surface area contributed by atoms with Crippen molar-refractivity contribution in [2.75, 3.05) is 0 Å². The van der Waals surface area contributed by atoms with Gasteiger partial charge in [0, 0.05) is 18.4 Å². The van der Waals surface area contributed by atoms with E-state index in [1.54, 1.807) is 0 Å². The predicted octanol–water partition coefficient (Wildman–Crippen LogP) is 1.67. The van der Waals surface area contributed by atoms with E-state index in [9.17, 15) is 4.79 Å². The van der Waals surface area contributed by atoms with Crippen LogP contribution in [0, 0.1) is 11.8 Å². The van der Waals surface area contributed by atoms with E-state index in [1.807, 2.05) is 13.8 Å². The van der Waals surface area contributed by atoms with Crippen molar-refractivity contribution < 1.29 is 9.90 Å². The molecular formula is C8H12O2. The molecule has 0 aromatic carbocycles. The smallest absolute Gasteiger partial charge is 0.162 e. The second-order valence-electron chi connectivity index (χ2n) is 3.09. The minimum Gasteiger partial charge on any atom is -0.512 e. The van der Waals surface area contributed by atoms with E-state index in [1.165, 1.54) is 6.08 Å². The molecule has 0 bridgehead atoms. The highest BCUT2D eigenvalue weighted by molar-refractivity contribution is 5.94. The lowest BCUT2D eigenvalue weighted by Gasteiger charge is -2.10. The summed E-state index contributed by atoms with van der Waals surface area (Å²) in [6.45, 7) is 3.99. The molecule has 1 unspecified atom stereocenters. The van der Waals surface area contributed by atoms with Crippen molar-refractivity contribution >= 4 is 5.78 Å². The first kappa shape index (κ1) is 7.32. The topological polar surface area (TPSA) is 37.3 Å². The fourth-order valence-corrected chi connectivity index (χ4v) is 1.22. The molecule has 56 valence electrons. The van der Waals surface area contributed by atoms with Crippen molar-refractivity contribution in [1.29, 1.82) is 0 Å². The second-order valence-corrected chi connectivity index (χ2v) is 3.09. The van der Waals surface area contributed by atoms with Crippen LogP contribution in [0.4, 0.5) is 0 Å². The van der Waals surface area contributed by atoms with Crippen LogP contribution < -0.4 is 0 Å². The fraction of sp³-hybridized carbons (Fsp3) is 0.625. The standard InChI is InChI=1S/C8H12O2/c1-5(2)7-3-6(9)4-8(7)10/h4-5,7,9H,3H2,1-2H3. The molecule has 2 nitrogen and oxygen atoms in total. The van der Waals surface area contributed by atoms with Crippen LogP contribution in [0.1, 0.15) is 20.3 Å². The summed E-state index contributed by atoms with van der Waals surface area (Å²) >= 11 is 0. The summed E-state index contributed by atoms with van der Waals surface area (Å²) in [5.41, 5.74) is 0. The highest BCUT2D eigenvalue weighted by Gasteiger charge is 2.27. The molecule has 0 radical (unpaired) electrons. The Labute approximate surface area is 60.6 Å². The molecule has 10 heavy (non-hydrogen) atoms. The van der Waals surface area contributed by atoms with Crippen LogP contribution in [0.25, 0.3) is 0 Å². The molecule has 0 aromatic rings. The number of carbonyl (C=O) groups is 1. The van der Waals surface area contributed by atoms with Gasteiger partial charge in [-0.15, -0.1) is 0 Å². The molecule has 0 spiro atoms. The number of aliphatic hydroxyl groups excluding tert-OH is 1. The van der Waals surface area contributed by atoms with Gasteiger partial charge in [0.1, 0.15) is 0 Å². The van der Waals surface area contributed by atoms with Gasteiger partial charge in [0.05, 0.1) is 5.76 Å². The van der Waals surface area contributed by atoms with Gasteiger partial charge in [0.2, 0.25) is 0 Å². The summed E-state index contributed by atoms with van der Waals surface area (Å²) in [5, 5.41) is 8.96. The van der Waals surface area contributed by atoms with Crippen LogP contribution in [-0.2, 0) is 4.79 Å². The van der Waals surface area contributed by atoms with E-state index in [0.29, 0.717) is 12.3 Å². The number of carbonyl (C=O) groups excluding carboxylic acids is 1. The van der Waals surface area contributed by atoms with E-state index in [4.69, 9.17) is 5.11 Å². The van der Waals surface area contributed by atoms with E-state index in [2.05, 4.69) is 0 Å². The van der Waals surface area contributed by atoms with Gasteiger partial charge < -0.3 is 5.11 Å². The Morgan fingerprint density at radius 1 is 1.70 bits per heavy atom. The third kappa shape index (κ3) is 1.20. The Morgan fingerprint density at radius 3 is 2.50 bits per heavy atom. The highest BCUT2D eigenvalue weighted by atomic mass is 16.3. The average molecular weight is 140 g/mol. The van der Waals surface area contributed by atoms with Crippen LogP contribution in [-0.4, -0.2) is 10.9 Å². The molecule has 0 aliphatic heterocycles. The fourth-order valence-electron chi connectivity index (χ4n) is 1.22. The average Bonchev–Trinajstić information content (AvgIpc) is 2.10. The van der Waals surface area contributed by atoms with Crippen LogP contribution in [0.5, 0.6) is 0 Å². The van der Waals surface area contributed by atoms with Gasteiger partial charge in [0.15, 0.2) is 5.78 Å². The molecule has 0 saturated carbocycles. The van der Waals surface area contributed by atoms with Crippen molar-refractivity contribution in [2.45, 2.75) is 20.3 Å². The molecule has 1 N–H and O–H groups in total. The maximum absolute atomic E-state index is 11.0. The number of allylic oxidation sites excluding steroid dienone is 2. The normalized spacial score (nSPS) is 25.7. The van der Waals surface area contributed by atoms with E-state index in [0.717, 1.165) is 0 Å². The summed E-state index contributed by atoms with van der Waals surface area (Å²) in [7, 11) is 0. The molecule has 0 heterocycles. The van der Waals surface area contributed by atoms with Gasteiger partial charge in [-0.2, -0.15) is 0 Å².